The summed E-state index contributed by atoms with van der Waals surface area (Å²) >= 11 is 0. The lowest BCUT2D eigenvalue weighted by molar-refractivity contribution is 0.371. The molecule has 0 saturated heterocycles. The van der Waals surface area contributed by atoms with E-state index in [1.165, 1.54) is 96.3 Å². The zero-order valence-corrected chi connectivity index (χ0v) is 16.3. The van der Waals surface area contributed by atoms with Crippen LogP contribution in [0.2, 0.25) is 0 Å². The Balaban J connectivity index is 4.26. The van der Waals surface area contributed by atoms with Crippen LogP contribution in [-0.2, 0) is 0 Å². The Morgan fingerprint density at radius 1 is 0.455 bits per heavy atom. The van der Waals surface area contributed by atoms with Gasteiger partial charge in [0.1, 0.15) is 0 Å². The maximum absolute atomic E-state index is 2.80. The van der Waals surface area contributed by atoms with Gasteiger partial charge in [0.05, 0.1) is 0 Å². The molecule has 1 unspecified atom stereocenters. The number of unbranched alkanes of at least 4 members (excludes halogenated alkanes) is 7. The minimum absolute atomic E-state index is 0.903. The highest BCUT2D eigenvalue weighted by atomic mass is 14.2. The van der Waals surface area contributed by atoms with Crippen molar-refractivity contribution in [2.45, 2.75) is 124 Å². The molecular formula is C22H45. The number of hydrogen-bond acceptors (Lipinski definition) is 0. The van der Waals surface area contributed by atoms with Gasteiger partial charge in [-0.3, -0.25) is 0 Å². The smallest absolute Gasteiger partial charge is 0.0324 e. The summed E-state index contributed by atoms with van der Waals surface area (Å²) in [6.07, 6.45) is 24.1. The van der Waals surface area contributed by atoms with Gasteiger partial charge in [-0.2, -0.15) is 0 Å². The first-order valence-electron chi connectivity index (χ1n) is 10.6. The van der Waals surface area contributed by atoms with Crippen LogP contribution in [0.1, 0.15) is 124 Å². The van der Waals surface area contributed by atoms with E-state index in [1.807, 2.05) is 0 Å². The van der Waals surface area contributed by atoms with Gasteiger partial charge in [-0.1, -0.05) is 124 Å². The fourth-order valence-corrected chi connectivity index (χ4v) is 3.49. The van der Waals surface area contributed by atoms with Gasteiger partial charge in [0.2, 0.25) is 0 Å². The van der Waals surface area contributed by atoms with E-state index in [4.69, 9.17) is 0 Å². The van der Waals surface area contributed by atoms with Crippen LogP contribution in [-0.4, -0.2) is 0 Å². The summed E-state index contributed by atoms with van der Waals surface area (Å²) < 4.78 is 0. The molecule has 0 aliphatic heterocycles. The average Bonchev–Trinajstić information content (AvgIpc) is 2.52. The van der Waals surface area contributed by atoms with E-state index in [-0.39, 0.29) is 0 Å². The molecule has 0 fully saturated rings. The summed E-state index contributed by atoms with van der Waals surface area (Å²) in [6.45, 7) is 9.31. The van der Waals surface area contributed by atoms with Crippen LogP contribution in [0, 0.1) is 18.3 Å². The Hall–Kier alpha value is 0. The first-order valence-corrected chi connectivity index (χ1v) is 10.6. The summed E-state index contributed by atoms with van der Waals surface area (Å²) in [6, 6.07) is 0. The van der Waals surface area contributed by atoms with Gasteiger partial charge in [0, 0.05) is 0 Å². The van der Waals surface area contributed by atoms with Gasteiger partial charge in [0.15, 0.2) is 0 Å². The van der Waals surface area contributed by atoms with E-state index >= 15 is 0 Å². The van der Waals surface area contributed by atoms with Crippen molar-refractivity contribution in [2.24, 2.45) is 11.8 Å². The number of hydrogen-bond donors (Lipinski definition) is 0. The van der Waals surface area contributed by atoms with Crippen LogP contribution in [0.25, 0.3) is 0 Å². The van der Waals surface area contributed by atoms with Crippen molar-refractivity contribution in [3.05, 3.63) is 6.42 Å². The van der Waals surface area contributed by atoms with Gasteiger partial charge >= 0.3 is 0 Å². The summed E-state index contributed by atoms with van der Waals surface area (Å²) in [5, 5.41) is 0. The minimum atomic E-state index is 0.903. The molecule has 0 rings (SSSR count). The molecule has 0 N–H and O–H groups in total. The van der Waals surface area contributed by atoms with Crippen molar-refractivity contribution in [3.63, 3.8) is 0 Å². The normalized spacial score (nSPS) is 13.0. The Morgan fingerprint density at radius 2 is 0.773 bits per heavy atom. The molecule has 0 spiro atoms. The van der Waals surface area contributed by atoms with Crippen molar-refractivity contribution < 1.29 is 0 Å². The predicted octanol–water partition coefficient (Wildman–Crippen LogP) is 8.35. The second-order valence-corrected chi connectivity index (χ2v) is 7.34. The summed E-state index contributed by atoms with van der Waals surface area (Å²) in [7, 11) is 0. The highest BCUT2D eigenvalue weighted by Crippen LogP contribution is 2.29. The third-order valence-corrected chi connectivity index (χ3v) is 5.01. The molecule has 0 aromatic rings. The van der Waals surface area contributed by atoms with Crippen LogP contribution in [0.4, 0.5) is 0 Å². The van der Waals surface area contributed by atoms with Crippen molar-refractivity contribution in [1.29, 1.82) is 0 Å². The van der Waals surface area contributed by atoms with E-state index in [1.54, 1.807) is 0 Å². The SMILES string of the molecule is CCCCCC([CH]C(CCCCC)CCCCC)CCCC. The molecule has 1 atom stereocenters. The Kier molecular flexibility index (Phi) is 17.4. The fourth-order valence-electron chi connectivity index (χ4n) is 3.49. The molecule has 0 nitrogen and oxygen atoms in total. The van der Waals surface area contributed by atoms with Crippen LogP contribution in [0.3, 0.4) is 0 Å². The molecule has 22 heavy (non-hydrogen) atoms. The highest BCUT2D eigenvalue weighted by molar-refractivity contribution is 4.84. The standard InChI is InChI=1S/C22H45/c1-5-9-13-17-21(16-12-8-4)20-22(18-14-10-6-2)19-15-11-7-3/h20-22H,5-19H2,1-4H3. The monoisotopic (exact) mass is 309 g/mol. The predicted molar refractivity (Wildman–Crippen MR) is 103 cm³/mol. The maximum atomic E-state index is 2.80. The van der Waals surface area contributed by atoms with Crippen LogP contribution in [0.5, 0.6) is 0 Å². The maximum Gasteiger partial charge on any atom is -0.0324 e. The average molecular weight is 310 g/mol. The second-order valence-electron chi connectivity index (χ2n) is 7.34. The molecule has 0 aromatic heterocycles. The molecule has 0 bridgehead atoms. The lowest BCUT2D eigenvalue weighted by Gasteiger charge is -2.24. The summed E-state index contributed by atoms with van der Waals surface area (Å²) in [5.41, 5.74) is 0. The minimum Gasteiger partial charge on any atom is -0.0654 e. The molecule has 0 heteroatoms. The molecule has 0 aliphatic carbocycles. The van der Waals surface area contributed by atoms with Crippen molar-refractivity contribution in [2.75, 3.05) is 0 Å². The van der Waals surface area contributed by atoms with E-state index in [0.717, 1.165) is 11.8 Å². The third kappa shape index (κ3) is 13.6. The topological polar surface area (TPSA) is 0 Å². The van der Waals surface area contributed by atoms with E-state index in [0.29, 0.717) is 0 Å². The van der Waals surface area contributed by atoms with Gasteiger partial charge in [-0.15, -0.1) is 0 Å². The van der Waals surface area contributed by atoms with Crippen molar-refractivity contribution in [1.82, 2.24) is 0 Å². The molecule has 0 amide bonds. The molecule has 0 aliphatic rings. The van der Waals surface area contributed by atoms with Gasteiger partial charge in [-0.05, 0) is 18.3 Å². The molecular weight excluding hydrogens is 264 g/mol. The van der Waals surface area contributed by atoms with Crippen molar-refractivity contribution >= 4 is 0 Å². The van der Waals surface area contributed by atoms with Gasteiger partial charge < -0.3 is 0 Å². The Labute approximate surface area is 142 Å². The summed E-state index contributed by atoms with van der Waals surface area (Å²) in [4.78, 5) is 0. The quantitative estimate of drug-likeness (QED) is 0.237. The van der Waals surface area contributed by atoms with Gasteiger partial charge in [0.25, 0.3) is 0 Å². The van der Waals surface area contributed by atoms with Crippen LogP contribution in [0.15, 0.2) is 0 Å². The highest BCUT2D eigenvalue weighted by Gasteiger charge is 2.16. The van der Waals surface area contributed by atoms with E-state index < -0.39 is 0 Å². The largest absolute Gasteiger partial charge is 0.0654 e. The molecule has 0 aromatic carbocycles. The zero-order chi connectivity index (χ0) is 16.5. The summed E-state index contributed by atoms with van der Waals surface area (Å²) in [5.74, 6) is 1.81. The molecule has 1 radical (unpaired) electrons. The van der Waals surface area contributed by atoms with Crippen molar-refractivity contribution in [3.8, 4) is 0 Å². The zero-order valence-electron chi connectivity index (χ0n) is 16.3. The van der Waals surface area contributed by atoms with E-state index in [2.05, 4.69) is 34.1 Å². The van der Waals surface area contributed by atoms with Gasteiger partial charge in [-0.25, -0.2) is 0 Å². The lowest BCUT2D eigenvalue weighted by Crippen LogP contribution is -2.11. The Morgan fingerprint density at radius 3 is 1.09 bits per heavy atom. The first-order chi connectivity index (χ1) is 10.8. The van der Waals surface area contributed by atoms with Crippen LogP contribution < -0.4 is 0 Å². The van der Waals surface area contributed by atoms with E-state index in [9.17, 15) is 0 Å². The lowest BCUT2D eigenvalue weighted by atomic mass is 9.82. The molecule has 0 heterocycles. The molecule has 0 saturated carbocycles. The number of rotatable bonds is 17. The first kappa shape index (κ1) is 22.0. The van der Waals surface area contributed by atoms with Crippen LogP contribution >= 0.6 is 0 Å². The Bertz CT molecular complexity index is 186. The fraction of sp³-hybridized carbons (Fsp3) is 0.955. The second kappa shape index (κ2) is 17.4. The third-order valence-electron chi connectivity index (χ3n) is 5.01. The molecule has 133 valence electrons.